The van der Waals surface area contributed by atoms with Crippen molar-refractivity contribution in [1.29, 1.82) is 0 Å². The van der Waals surface area contributed by atoms with Crippen LogP contribution >= 0.6 is 0 Å². The van der Waals surface area contributed by atoms with E-state index in [4.69, 9.17) is 9.26 Å². The fourth-order valence-corrected chi connectivity index (χ4v) is 3.02. The number of hydrogen-bond donors (Lipinski definition) is 0. The molecule has 1 aliphatic rings. The van der Waals surface area contributed by atoms with Crippen LogP contribution in [0.3, 0.4) is 0 Å². The van der Waals surface area contributed by atoms with Gasteiger partial charge in [-0.05, 0) is 35.7 Å². The standard InChI is InChI=1S/C21H22N4O3/c1-14(2)15-6-8-17(9-7-15)27-13-19(26)25-11-16(12-25)21-23-20(24-28-21)18-5-3-4-10-22-18/h3-10,14,16H,11-13H2,1-2H3. The second-order valence-corrected chi connectivity index (χ2v) is 7.18. The third kappa shape index (κ3) is 3.88. The molecule has 1 aromatic carbocycles. The zero-order valence-corrected chi connectivity index (χ0v) is 15.9. The summed E-state index contributed by atoms with van der Waals surface area (Å²) in [6, 6.07) is 13.4. The molecule has 1 saturated heterocycles. The Bertz CT molecular complexity index is 932. The van der Waals surface area contributed by atoms with Gasteiger partial charge in [0.1, 0.15) is 11.4 Å². The van der Waals surface area contributed by atoms with Crippen molar-refractivity contribution in [2.75, 3.05) is 19.7 Å². The third-order valence-corrected chi connectivity index (χ3v) is 4.83. The van der Waals surface area contributed by atoms with Gasteiger partial charge in [-0.25, -0.2) is 0 Å². The largest absolute Gasteiger partial charge is 0.484 e. The second-order valence-electron chi connectivity index (χ2n) is 7.18. The van der Waals surface area contributed by atoms with Crippen LogP contribution in [0, 0.1) is 0 Å². The van der Waals surface area contributed by atoms with Crippen LogP contribution < -0.4 is 4.74 Å². The lowest BCUT2D eigenvalue weighted by Gasteiger charge is -2.36. The van der Waals surface area contributed by atoms with Gasteiger partial charge in [-0.15, -0.1) is 0 Å². The molecular formula is C21H22N4O3. The molecule has 0 bridgehead atoms. The number of nitrogens with zero attached hydrogens (tertiary/aromatic N) is 4. The summed E-state index contributed by atoms with van der Waals surface area (Å²) < 4.78 is 11.0. The van der Waals surface area contributed by atoms with Gasteiger partial charge in [0, 0.05) is 19.3 Å². The molecule has 0 unspecified atom stereocenters. The van der Waals surface area contributed by atoms with E-state index in [1.807, 2.05) is 42.5 Å². The predicted octanol–water partition coefficient (Wildman–Crippen LogP) is 3.26. The lowest BCUT2D eigenvalue weighted by atomic mass is 10.0. The summed E-state index contributed by atoms with van der Waals surface area (Å²) in [5.74, 6) is 2.18. The van der Waals surface area contributed by atoms with Gasteiger partial charge in [0.05, 0.1) is 5.92 Å². The quantitative estimate of drug-likeness (QED) is 0.655. The van der Waals surface area contributed by atoms with E-state index in [2.05, 4.69) is 29.0 Å². The normalized spacial score (nSPS) is 14.2. The molecule has 1 aliphatic heterocycles. The zero-order valence-electron chi connectivity index (χ0n) is 15.9. The molecule has 0 radical (unpaired) electrons. The fourth-order valence-electron chi connectivity index (χ4n) is 3.02. The van der Waals surface area contributed by atoms with Crippen molar-refractivity contribution in [3.63, 3.8) is 0 Å². The Labute approximate surface area is 163 Å². The van der Waals surface area contributed by atoms with E-state index in [1.54, 1.807) is 11.1 Å². The van der Waals surface area contributed by atoms with Gasteiger partial charge >= 0.3 is 0 Å². The van der Waals surface area contributed by atoms with Crippen LogP contribution in [-0.4, -0.2) is 45.6 Å². The van der Waals surface area contributed by atoms with E-state index < -0.39 is 0 Å². The third-order valence-electron chi connectivity index (χ3n) is 4.83. The predicted molar refractivity (Wildman–Crippen MR) is 103 cm³/mol. The lowest BCUT2D eigenvalue weighted by molar-refractivity contribution is -0.138. The van der Waals surface area contributed by atoms with Crippen LogP contribution in [0.15, 0.2) is 53.2 Å². The summed E-state index contributed by atoms with van der Waals surface area (Å²) >= 11 is 0. The Hall–Kier alpha value is -3.22. The molecule has 0 aliphatic carbocycles. The highest BCUT2D eigenvalue weighted by atomic mass is 16.5. The van der Waals surface area contributed by atoms with E-state index in [0.29, 0.717) is 42.2 Å². The smallest absolute Gasteiger partial charge is 0.260 e. The Kier molecular flexibility index (Phi) is 5.06. The van der Waals surface area contributed by atoms with E-state index in [-0.39, 0.29) is 18.4 Å². The molecule has 28 heavy (non-hydrogen) atoms. The summed E-state index contributed by atoms with van der Waals surface area (Å²) in [5.41, 5.74) is 1.91. The van der Waals surface area contributed by atoms with Crippen molar-refractivity contribution in [3.05, 3.63) is 60.1 Å². The number of pyridine rings is 1. The average Bonchev–Trinajstić information content (AvgIpc) is 3.16. The number of likely N-dealkylation sites (tertiary alicyclic amines) is 1. The molecule has 0 spiro atoms. The van der Waals surface area contributed by atoms with Crippen molar-refractivity contribution in [1.82, 2.24) is 20.0 Å². The van der Waals surface area contributed by atoms with Gasteiger partial charge in [0.15, 0.2) is 6.61 Å². The molecule has 3 heterocycles. The van der Waals surface area contributed by atoms with E-state index in [0.717, 1.165) is 0 Å². The van der Waals surface area contributed by atoms with Crippen LogP contribution in [0.2, 0.25) is 0 Å². The van der Waals surface area contributed by atoms with Crippen molar-refractivity contribution in [3.8, 4) is 17.3 Å². The summed E-state index contributed by atoms with van der Waals surface area (Å²) in [5, 5.41) is 3.98. The van der Waals surface area contributed by atoms with Crippen molar-refractivity contribution in [2.24, 2.45) is 0 Å². The van der Waals surface area contributed by atoms with Gasteiger partial charge < -0.3 is 14.2 Å². The fraction of sp³-hybridized carbons (Fsp3) is 0.333. The van der Waals surface area contributed by atoms with Crippen LogP contribution in [0.4, 0.5) is 0 Å². The minimum absolute atomic E-state index is 0.0246. The molecule has 0 atom stereocenters. The number of carbonyl (C=O) groups excluding carboxylic acids is 1. The van der Waals surface area contributed by atoms with E-state index in [1.165, 1.54) is 5.56 Å². The Balaban J connectivity index is 1.27. The lowest BCUT2D eigenvalue weighted by Crippen LogP contribution is -2.50. The molecule has 0 N–H and O–H groups in total. The highest BCUT2D eigenvalue weighted by molar-refractivity contribution is 5.78. The molecule has 0 saturated carbocycles. The summed E-state index contributed by atoms with van der Waals surface area (Å²) in [7, 11) is 0. The van der Waals surface area contributed by atoms with Gasteiger partial charge in [-0.2, -0.15) is 4.98 Å². The maximum Gasteiger partial charge on any atom is 0.260 e. The Morgan fingerprint density at radius 2 is 2.00 bits per heavy atom. The highest BCUT2D eigenvalue weighted by Crippen LogP contribution is 2.27. The molecule has 3 aromatic rings. The van der Waals surface area contributed by atoms with E-state index >= 15 is 0 Å². The molecule has 1 amide bonds. The summed E-state index contributed by atoms with van der Waals surface area (Å²) in [6.45, 7) is 5.41. The maximum atomic E-state index is 12.3. The molecule has 2 aromatic heterocycles. The second kappa shape index (κ2) is 7.80. The van der Waals surface area contributed by atoms with Crippen LogP contribution in [-0.2, 0) is 4.79 Å². The van der Waals surface area contributed by atoms with Crippen LogP contribution in [0.25, 0.3) is 11.5 Å². The minimum atomic E-state index is -0.0475. The first-order chi connectivity index (χ1) is 13.6. The maximum absolute atomic E-state index is 12.3. The minimum Gasteiger partial charge on any atom is -0.484 e. The summed E-state index contributed by atoms with van der Waals surface area (Å²) in [4.78, 5) is 22.6. The number of rotatable bonds is 6. The zero-order chi connectivity index (χ0) is 19.5. The first-order valence-corrected chi connectivity index (χ1v) is 9.35. The number of amides is 1. The topological polar surface area (TPSA) is 81.4 Å². The van der Waals surface area contributed by atoms with Crippen LogP contribution in [0.5, 0.6) is 5.75 Å². The van der Waals surface area contributed by atoms with Crippen molar-refractivity contribution < 1.29 is 14.1 Å². The van der Waals surface area contributed by atoms with Crippen molar-refractivity contribution >= 4 is 5.91 Å². The number of aromatic nitrogens is 3. The molecule has 7 nitrogen and oxygen atoms in total. The van der Waals surface area contributed by atoms with Crippen LogP contribution in [0.1, 0.15) is 37.1 Å². The molecule has 1 fully saturated rings. The average molecular weight is 378 g/mol. The highest BCUT2D eigenvalue weighted by Gasteiger charge is 2.35. The molecule has 7 heteroatoms. The summed E-state index contributed by atoms with van der Waals surface area (Å²) in [6.07, 6.45) is 1.69. The number of carbonyl (C=O) groups is 1. The molecular weight excluding hydrogens is 356 g/mol. The number of benzene rings is 1. The van der Waals surface area contributed by atoms with E-state index in [9.17, 15) is 4.79 Å². The molecule has 4 rings (SSSR count). The number of ether oxygens (including phenoxy) is 1. The SMILES string of the molecule is CC(C)c1ccc(OCC(=O)N2CC(c3nc(-c4ccccn4)no3)C2)cc1. The van der Waals surface area contributed by atoms with Gasteiger partial charge in [-0.3, -0.25) is 9.78 Å². The van der Waals surface area contributed by atoms with Gasteiger partial charge in [-0.1, -0.05) is 37.2 Å². The van der Waals surface area contributed by atoms with Crippen molar-refractivity contribution in [2.45, 2.75) is 25.7 Å². The number of hydrogen-bond acceptors (Lipinski definition) is 6. The Morgan fingerprint density at radius 3 is 2.68 bits per heavy atom. The first kappa shape index (κ1) is 18.2. The molecule has 144 valence electrons. The van der Waals surface area contributed by atoms with Gasteiger partial charge in [0.2, 0.25) is 11.7 Å². The first-order valence-electron chi connectivity index (χ1n) is 9.35. The Morgan fingerprint density at radius 1 is 1.21 bits per heavy atom. The monoisotopic (exact) mass is 378 g/mol. The van der Waals surface area contributed by atoms with Gasteiger partial charge in [0.25, 0.3) is 5.91 Å².